The van der Waals surface area contributed by atoms with Crippen molar-refractivity contribution in [3.05, 3.63) is 92.2 Å². The Morgan fingerprint density at radius 3 is 2.32 bits per heavy atom. The molecule has 1 heterocycles. The van der Waals surface area contributed by atoms with Crippen molar-refractivity contribution in [2.45, 2.75) is 33.5 Å². The number of carbonyl (C=O) groups is 1. The van der Waals surface area contributed by atoms with E-state index >= 15 is 0 Å². The third-order valence-corrected chi connectivity index (χ3v) is 5.58. The molecule has 4 nitrogen and oxygen atoms in total. The molecule has 2 N–H and O–H groups in total. The Morgan fingerprint density at radius 1 is 1.00 bits per heavy atom. The molecule has 0 fully saturated rings. The van der Waals surface area contributed by atoms with Crippen LogP contribution in [0.3, 0.4) is 0 Å². The van der Waals surface area contributed by atoms with Crippen LogP contribution in [0.5, 0.6) is 0 Å². The minimum atomic E-state index is -0.915. The maximum absolute atomic E-state index is 11.9. The van der Waals surface area contributed by atoms with E-state index in [9.17, 15) is 9.90 Å². The van der Waals surface area contributed by atoms with E-state index in [0.717, 1.165) is 28.1 Å². The largest absolute Gasteiger partial charge is 0.478 e. The fourth-order valence-corrected chi connectivity index (χ4v) is 3.74. The molecule has 6 heteroatoms. The van der Waals surface area contributed by atoms with Crippen LogP contribution >= 0.6 is 23.2 Å². The Morgan fingerprint density at radius 2 is 1.68 bits per heavy atom. The molecule has 146 valence electrons. The molecule has 0 atom stereocenters. The predicted octanol–water partition coefficient (Wildman–Crippen LogP) is 5.45. The second kappa shape index (κ2) is 8.82. The molecule has 0 amide bonds. The Bertz CT molecular complexity index is 995. The number of rotatable bonds is 7. The van der Waals surface area contributed by atoms with Crippen molar-refractivity contribution in [3.8, 4) is 0 Å². The summed E-state index contributed by atoms with van der Waals surface area (Å²) in [5.41, 5.74) is 4.86. The molecule has 0 radical (unpaired) electrons. The summed E-state index contributed by atoms with van der Waals surface area (Å²) in [5.74, 6) is -0.915. The molecule has 0 aliphatic heterocycles. The first kappa shape index (κ1) is 20.5. The lowest BCUT2D eigenvalue weighted by molar-refractivity contribution is 0.0694. The highest BCUT2D eigenvalue weighted by Gasteiger charge is 2.22. The van der Waals surface area contributed by atoms with Crippen LogP contribution in [0.2, 0.25) is 10.0 Å². The van der Waals surface area contributed by atoms with Gasteiger partial charge in [0.1, 0.15) is 0 Å². The number of hydrogen-bond donors (Lipinski definition) is 2. The van der Waals surface area contributed by atoms with Crippen molar-refractivity contribution >= 4 is 29.2 Å². The molecule has 0 saturated carbocycles. The average Bonchev–Trinajstić information content (AvgIpc) is 2.89. The van der Waals surface area contributed by atoms with Crippen LogP contribution in [0.4, 0.5) is 0 Å². The summed E-state index contributed by atoms with van der Waals surface area (Å²) in [6, 6.07) is 15.2. The normalized spacial score (nSPS) is 11.0. The monoisotopic (exact) mass is 416 g/mol. The highest BCUT2D eigenvalue weighted by Crippen LogP contribution is 2.26. The number of carboxylic acid groups (broad SMARTS) is 1. The first-order valence-electron chi connectivity index (χ1n) is 8.99. The van der Waals surface area contributed by atoms with E-state index in [4.69, 9.17) is 23.2 Å². The van der Waals surface area contributed by atoms with E-state index in [-0.39, 0.29) is 0 Å². The molecule has 0 aliphatic rings. The maximum Gasteiger partial charge on any atom is 0.337 e. The van der Waals surface area contributed by atoms with Gasteiger partial charge in [0.2, 0.25) is 0 Å². The Labute approximate surface area is 174 Å². The average molecular weight is 417 g/mol. The summed E-state index contributed by atoms with van der Waals surface area (Å²) in [6.07, 6.45) is 0. The van der Waals surface area contributed by atoms with Gasteiger partial charge >= 0.3 is 5.97 Å². The summed E-state index contributed by atoms with van der Waals surface area (Å²) in [5, 5.41) is 14.5. The number of halogens is 2. The minimum Gasteiger partial charge on any atom is -0.478 e. The van der Waals surface area contributed by atoms with Gasteiger partial charge in [-0.3, -0.25) is 0 Å². The van der Waals surface area contributed by atoms with Crippen molar-refractivity contribution in [2.24, 2.45) is 0 Å². The molecule has 0 aliphatic carbocycles. The van der Waals surface area contributed by atoms with Gasteiger partial charge in [-0.25, -0.2) is 4.79 Å². The SMILES string of the molecule is Cc1c(CNCc2ccc(Cl)cc2)c(C(=O)O)c(C)n1Cc1ccccc1Cl. The summed E-state index contributed by atoms with van der Waals surface area (Å²) in [4.78, 5) is 11.9. The van der Waals surface area contributed by atoms with Crippen LogP contribution < -0.4 is 5.32 Å². The summed E-state index contributed by atoms with van der Waals surface area (Å²) in [7, 11) is 0. The summed E-state index contributed by atoms with van der Waals surface area (Å²) >= 11 is 12.2. The molecule has 0 spiro atoms. The van der Waals surface area contributed by atoms with Crippen molar-refractivity contribution in [2.75, 3.05) is 0 Å². The van der Waals surface area contributed by atoms with E-state index in [1.54, 1.807) is 0 Å². The van der Waals surface area contributed by atoms with Crippen LogP contribution in [0, 0.1) is 13.8 Å². The first-order valence-corrected chi connectivity index (χ1v) is 9.74. The van der Waals surface area contributed by atoms with Crippen LogP contribution in [0.1, 0.15) is 38.4 Å². The molecule has 2 aromatic carbocycles. The second-order valence-electron chi connectivity index (χ2n) is 6.74. The smallest absolute Gasteiger partial charge is 0.337 e. The lowest BCUT2D eigenvalue weighted by Gasteiger charge is -2.11. The fraction of sp³-hybridized carbons (Fsp3) is 0.227. The summed E-state index contributed by atoms with van der Waals surface area (Å²) in [6.45, 7) is 5.43. The lowest BCUT2D eigenvalue weighted by atomic mass is 10.1. The molecule has 1 aromatic heterocycles. The topological polar surface area (TPSA) is 54.3 Å². The number of aromatic nitrogens is 1. The third-order valence-electron chi connectivity index (χ3n) is 4.95. The molecular formula is C22H22Cl2N2O2. The molecule has 0 unspecified atom stereocenters. The van der Waals surface area contributed by atoms with Crippen LogP contribution in [0.15, 0.2) is 48.5 Å². The predicted molar refractivity (Wildman–Crippen MR) is 113 cm³/mol. The van der Waals surface area contributed by atoms with E-state index in [2.05, 4.69) is 5.32 Å². The van der Waals surface area contributed by atoms with E-state index in [0.29, 0.717) is 35.2 Å². The van der Waals surface area contributed by atoms with E-state index in [1.165, 1.54) is 0 Å². The van der Waals surface area contributed by atoms with Crippen LogP contribution in [0.25, 0.3) is 0 Å². The number of carboxylic acids is 1. The second-order valence-corrected chi connectivity index (χ2v) is 7.58. The molecule has 3 aromatic rings. The van der Waals surface area contributed by atoms with Crippen molar-refractivity contribution in [1.29, 1.82) is 0 Å². The maximum atomic E-state index is 11.9. The zero-order chi connectivity index (χ0) is 20.3. The highest BCUT2D eigenvalue weighted by molar-refractivity contribution is 6.31. The van der Waals surface area contributed by atoms with Gasteiger partial charge in [-0.2, -0.15) is 0 Å². The zero-order valence-corrected chi connectivity index (χ0v) is 17.3. The van der Waals surface area contributed by atoms with Gasteiger partial charge < -0.3 is 15.0 Å². The highest BCUT2D eigenvalue weighted by atomic mass is 35.5. The van der Waals surface area contributed by atoms with Crippen LogP contribution in [-0.2, 0) is 19.6 Å². The first-order chi connectivity index (χ1) is 13.4. The fourth-order valence-electron chi connectivity index (χ4n) is 3.42. The van der Waals surface area contributed by atoms with Crippen molar-refractivity contribution in [1.82, 2.24) is 9.88 Å². The van der Waals surface area contributed by atoms with Gasteiger partial charge in [0.25, 0.3) is 0 Å². The number of nitrogens with one attached hydrogen (secondary N) is 1. The third kappa shape index (κ3) is 4.41. The molecule has 0 saturated heterocycles. The van der Waals surface area contributed by atoms with Gasteiger partial charge in [-0.1, -0.05) is 53.5 Å². The van der Waals surface area contributed by atoms with Crippen LogP contribution in [-0.4, -0.2) is 15.6 Å². The Balaban J connectivity index is 1.84. The molecule has 3 rings (SSSR count). The molecule has 0 bridgehead atoms. The molecular weight excluding hydrogens is 395 g/mol. The number of hydrogen-bond acceptors (Lipinski definition) is 2. The summed E-state index contributed by atoms with van der Waals surface area (Å²) < 4.78 is 2.02. The minimum absolute atomic E-state index is 0.355. The number of aromatic carboxylic acids is 1. The molecule has 28 heavy (non-hydrogen) atoms. The van der Waals surface area contributed by atoms with Gasteiger partial charge in [0, 0.05) is 46.6 Å². The lowest BCUT2D eigenvalue weighted by Crippen LogP contribution is -2.15. The zero-order valence-electron chi connectivity index (χ0n) is 15.8. The van der Waals surface area contributed by atoms with Gasteiger partial charge in [0.15, 0.2) is 0 Å². The van der Waals surface area contributed by atoms with E-state index in [1.807, 2.05) is 66.9 Å². The van der Waals surface area contributed by atoms with Gasteiger partial charge in [-0.15, -0.1) is 0 Å². The van der Waals surface area contributed by atoms with Crippen molar-refractivity contribution < 1.29 is 9.90 Å². The number of benzene rings is 2. The van der Waals surface area contributed by atoms with Crippen molar-refractivity contribution in [3.63, 3.8) is 0 Å². The Hall–Kier alpha value is -2.27. The number of nitrogens with zero attached hydrogens (tertiary/aromatic N) is 1. The van der Waals surface area contributed by atoms with E-state index < -0.39 is 5.97 Å². The standard InChI is InChI=1S/C22H22Cl2N2O2/c1-14-19(12-25-11-16-7-9-18(23)10-8-16)21(22(27)28)15(2)26(14)13-17-5-3-4-6-20(17)24/h3-10,25H,11-13H2,1-2H3,(H,27,28). The Kier molecular flexibility index (Phi) is 6.45. The van der Waals surface area contributed by atoms with Gasteiger partial charge in [0.05, 0.1) is 5.56 Å². The van der Waals surface area contributed by atoms with Gasteiger partial charge in [-0.05, 0) is 43.2 Å². The quantitative estimate of drug-likeness (QED) is 0.538.